The van der Waals surface area contributed by atoms with Gasteiger partial charge >= 0.3 is 0 Å². The van der Waals surface area contributed by atoms with Crippen LogP contribution in [-0.2, 0) is 4.79 Å². The minimum atomic E-state index is -0.494. The lowest BCUT2D eigenvalue weighted by Crippen LogP contribution is -2.77. The van der Waals surface area contributed by atoms with Crippen molar-refractivity contribution < 1.29 is 9.90 Å². The van der Waals surface area contributed by atoms with Crippen LogP contribution in [0.3, 0.4) is 0 Å². The van der Waals surface area contributed by atoms with Crippen LogP contribution in [0.2, 0.25) is 0 Å². The molecule has 0 aromatic heterocycles. The van der Waals surface area contributed by atoms with Crippen molar-refractivity contribution in [3.05, 3.63) is 0 Å². The van der Waals surface area contributed by atoms with Crippen molar-refractivity contribution in [1.82, 2.24) is 10.2 Å². The smallest absolute Gasteiger partial charge is 0.237 e. The molecule has 2 N–H and O–H groups in total. The molecular weight excluding hydrogens is 290 g/mol. The van der Waals surface area contributed by atoms with Gasteiger partial charge in [-0.15, -0.1) is 0 Å². The van der Waals surface area contributed by atoms with Crippen molar-refractivity contribution in [2.75, 3.05) is 13.1 Å². The lowest BCUT2D eigenvalue weighted by atomic mass is 9.29. The zero-order valence-electron chi connectivity index (χ0n) is 13.6. The summed E-state index contributed by atoms with van der Waals surface area (Å²) in [5.74, 6) is 0.0560. The van der Waals surface area contributed by atoms with Crippen molar-refractivity contribution in [2.45, 2.75) is 75.0 Å². The van der Waals surface area contributed by atoms with Gasteiger partial charge in [0.2, 0.25) is 5.91 Å². The highest BCUT2D eigenvalue weighted by Crippen LogP contribution is 2.79. The molecule has 23 heavy (non-hydrogen) atoms. The van der Waals surface area contributed by atoms with Gasteiger partial charge in [-0.25, -0.2) is 0 Å². The van der Waals surface area contributed by atoms with Gasteiger partial charge in [-0.1, -0.05) is 0 Å². The van der Waals surface area contributed by atoms with Gasteiger partial charge in [0.25, 0.3) is 0 Å². The molecule has 5 nitrogen and oxygen atoms in total. The van der Waals surface area contributed by atoms with E-state index in [-0.39, 0.29) is 17.5 Å². The second-order valence-electron chi connectivity index (χ2n) is 9.47. The summed E-state index contributed by atoms with van der Waals surface area (Å²) in [6, 6.07) is 2.00. The highest BCUT2D eigenvalue weighted by molar-refractivity contribution is 5.79. The topological polar surface area (TPSA) is 76.4 Å². The number of nitrogens with one attached hydrogen (secondary N) is 1. The van der Waals surface area contributed by atoms with Gasteiger partial charge in [-0.3, -0.25) is 4.79 Å². The molecule has 0 unspecified atom stereocenters. The maximum absolute atomic E-state index is 12.5. The molecule has 1 saturated heterocycles. The zero-order chi connectivity index (χ0) is 15.9. The van der Waals surface area contributed by atoms with Gasteiger partial charge in [0, 0.05) is 12.1 Å². The van der Waals surface area contributed by atoms with E-state index >= 15 is 0 Å². The highest BCUT2D eigenvalue weighted by atomic mass is 16.3. The van der Waals surface area contributed by atoms with E-state index in [1.807, 2.05) is 0 Å². The van der Waals surface area contributed by atoms with E-state index in [0.717, 1.165) is 44.9 Å². The Morgan fingerprint density at radius 1 is 1.17 bits per heavy atom. The average Bonchev–Trinajstić information content (AvgIpc) is 2.88. The maximum Gasteiger partial charge on any atom is 0.237 e. The monoisotopic (exact) mass is 315 g/mol. The maximum atomic E-state index is 12.5. The number of hydrogen-bond donors (Lipinski definition) is 2. The van der Waals surface area contributed by atoms with E-state index in [9.17, 15) is 9.90 Å². The largest absolute Gasteiger partial charge is 0.390 e. The molecule has 4 bridgehead atoms. The minimum absolute atomic E-state index is 0.0424. The number of carbonyl (C=O) groups excluding carboxylic acids is 1. The Morgan fingerprint density at radius 3 is 2.48 bits per heavy atom. The van der Waals surface area contributed by atoms with Crippen LogP contribution in [0.5, 0.6) is 0 Å². The summed E-state index contributed by atoms with van der Waals surface area (Å²) in [6.45, 7) is 1.03. The predicted octanol–water partition coefficient (Wildman–Crippen LogP) is 1.32. The lowest BCUT2D eigenvalue weighted by Gasteiger charge is -2.78. The second-order valence-corrected chi connectivity index (χ2v) is 9.47. The number of aliphatic hydroxyl groups is 1. The van der Waals surface area contributed by atoms with E-state index < -0.39 is 5.60 Å². The molecule has 2 spiro atoms. The summed E-state index contributed by atoms with van der Waals surface area (Å²) in [5.41, 5.74) is 0.163. The summed E-state index contributed by atoms with van der Waals surface area (Å²) in [4.78, 5) is 14.3. The summed E-state index contributed by atoms with van der Waals surface area (Å²) in [7, 11) is 0. The molecule has 7 saturated carbocycles. The standard InChI is InChI=1S/C18H25N3O2/c19-4-13-2-1-3-21(13)14(22)5-20-17-8-15-6-16(7-15,9-17)11-18(23,10-15)12-17/h13,20,23H,1-3,5-12H2/t13-,15?,16?,17?,18?/m0/s1. The van der Waals surface area contributed by atoms with E-state index in [2.05, 4.69) is 11.4 Å². The molecule has 0 aromatic rings. The lowest BCUT2D eigenvalue weighted by molar-refractivity contribution is -0.291. The summed E-state index contributed by atoms with van der Waals surface area (Å²) >= 11 is 0. The number of likely N-dealkylation sites (tertiary alicyclic amines) is 1. The van der Waals surface area contributed by atoms with Crippen molar-refractivity contribution in [1.29, 1.82) is 5.26 Å². The SMILES string of the molecule is N#C[C@@H]1CCCN1C(=O)CNC12CC3(O)CC4(CC(C3)(C4)C1)C2. The first-order valence-corrected chi connectivity index (χ1v) is 9.05. The van der Waals surface area contributed by atoms with Crippen molar-refractivity contribution in [3.8, 4) is 6.07 Å². The molecule has 8 aliphatic rings. The fraction of sp³-hybridized carbons (Fsp3) is 0.889. The third kappa shape index (κ3) is 1.88. The van der Waals surface area contributed by atoms with E-state index in [4.69, 9.17) is 5.26 Å². The van der Waals surface area contributed by atoms with Gasteiger partial charge in [-0.2, -0.15) is 5.26 Å². The van der Waals surface area contributed by atoms with Crippen LogP contribution < -0.4 is 5.32 Å². The molecule has 1 atom stereocenters. The molecule has 8 rings (SSSR count). The average molecular weight is 315 g/mol. The number of rotatable bonds is 3. The fourth-order valence-electron chi connectivity index (χ4n) is 7.75. The Labute approximate surface area is 137 Å². The van der Waals surface area contributed by atoms with Crippen LogP contribution in [-0.4, -0.2) is 46.2 Å². The van der Waals surface area contributed by atoms with Crippen molar-refractivity contribution in [3.63, 3.8) is 0 Å². The second kappa shape index (κ2) is 4.10. The molecule has 7 aliphatic carbocycles. The van der Waals surface area contributed by atoms with Gasteiger partial charge in [0.1, 0.15) is 6.04 Å². The third-order valence-corrected chi connectivity index (χ3v) is 7.34. The van der Waals surface area contributed by atoms with Crippen LogP contribution in [0, 0.1) is 22.2 Å². The number of nitriles is 1. The molecule has 124 valence electrons. The van der Waals surface area contributed by atoms with Crippen LogP contribution in [0.25, 0.3) is 0 Å². The Bertz CT molecular complexity index is 584. The van der Waals surface area contributed by atoms with Gasteiger partial charge in [0.05, 0.1) is 18.2 Å². The van der Waals surface area contributed by atoms with Crippen molar-refractivity contribution in [2.24, 2.45) is 10.8 Å². The Hall–Kier alpha value is -1.12. The van der Waals surface area contributed by atoms with Gasteiger partial charge in [0.15, 0.2) is 0 Å². The number of hydrogen-bond acceptors (Lipinski definition) is 4. The van der Waals surface area contributed by atoms with Crippen LogP contribution in [0.1, 0.15) is 57.8 Å². The third-order valence-electron chi connectivity index (χ3n) is 7.34. The zero-order valence-corrected chi connectivity index (χ0v) is 13.6. The molecule has 1 aliphatic heterocycles. The first-order valence-electron chi connectivity index (χ1n) is 9.05. The van der Waals surface area contributed by atoms with E-state index in [1.54, 1.807) is 4.90 Å². The van der Waals surface area contributed by atoms with E-state index in [1.165, 1.54) is 12.8 Å². The molecule has 0 aromatic carbocycles. The quantitative estimate of drug-likeness (QED) is 0.823. The molecule has 5 heteroatoms. The Balaban J connectivity index is 1.30. The first-order chi connectivity index (χ1) is 10.9. The molecule has 0 radical (unpaired) electrons. The van der Waals surface area contributed by atoms with E-state index in [0.29, 0.717) is 23.9 Å². The summed E-state index contributed by atoms with van der Waals surface area (Å²) in [6.07, 6.45) is 9.32. The molecule has 8 fully saturated rings. The summed E-state index contributed by atoms with van der Waals surface area (Å²) in [5, 5.41) is 23.7. The number of nitrogens with zero attached hydrogens (tertiary/aromatic N) is 2. The van der Waals surface area contributed by atoms with Gasteiger partial charge < -0.3 is 15.3 Å². The molecule has 1 heterocycles. The molecule has 1 amide bonds. The minimum Gasteiger partial charge on any atom is -0.390 e. The normalized spacial score (nSPS) is 52.3. The Kier molecular flexibility index (Phi) is 2.54. The number of amides is 1. The van der Waals surface area contributed by atoms with Crippen LogP contribution >= 0.6 is 0 Å². The van der Waals surface area contributed by atoms with Crippen LogP contribution in [0.4, 0.5) is 0 Å². The fourth-order valence-corrected chi connectivity index (χ4v) is 7.75. The highest BCUT2D eigenvalue weighted by Gasteiger charge is 2.75. The summed E-state index contributed by atoms with van der Waals surface area (Å²) < 4.78 is 0. The van der Waals surface area contributed by atoms with Crippen LogP contribution in [0.15, 0.2) is 0 Å². The van der Waals surface area contributed by atoms with Crippen molar-refractivity contribution >= 4 is 5.91 Å². The Morgan fingerprint density at radius 2 is 1.87 bits per heavy atom. The molecular formula is C18H25N3O2. The first kappa shape index (κ1) is 14.2. The predicted molar refractivity (Wildman–Crippen MR) is 83.2 cm³/mol. The number of carbonyl (C=O) groups is 1. The van der Waals surface area contributed by atoms with Gasteiger partial charge in [-0.05, 0) is 68.6 Å².